The third-order valence-electron chi connectivity index (χ3n) is 10.6. The molecule has 0 heterocycles. The van der Waals surface area contributed by atoms with Crippen LogP contribution in [-0.2, 0) is 0 Å². The van der Waals surface area contributed by atoms with Crippen LogP contribution in [0.4, 0.5) is 28.4 Å². The first-order valence-corrected chi connectivity index (χ1v) is 19.4. The van der Waals surface area contributed by atoms with Crippen LogP contribution in [0.5, 0.6) is 0 Å². The smallest absolute Gasteiger partial charge is 0.0536 e. The Kier molecular flexibility index (Phi) is 9.92. The van der Waals surface area contributed by atoms with Crippen LogP contribution in [-0.4, -0.2) is 0 Å². The zero-order valence-corrected chi connectivity index (χ0v) is 31.2. The number of rotatable bonds is 10. The highest BCUT2D eigenvalue weighted by Gasteiger charge is 2.20. The van der Waals surface area contributed by atoms with Crippen molar-refractivity contribution in [3.63, 3.8) is 0 Å². The lowest BCUT2D eigenvalue weighted by Gasteiger charge is -2.31. The number of benzene rings is 8. The molecule has 2 nitrogen and oxygen atoms in total. The number of allylic oxidation sites excluding steroid dienone is 4. The summed E-state index contributed by atoms with van der Waals surface area (Å²) in [5, 5.41) is 0. The van der Waals surface area contributed by atoms with Crippen molar-refractivity contribution in [2.45, 2.75) is 12.8 Å². The van der Waals surface area contributed by atoms with Gasteiger partial charge in [-0.25, -0.2) is 0 Å². The molecule has 0 amide bonds. The normalized spacial score (nSPS) is 12.2. The molecule has 0 aliphatic heterocycles. The van der Waals surface area contributed by atoms with Crippen molar-refractivity contribution in [3.05, 3.63) is 236 Å². The lowest BCUT2D eigenvalue weighted by molar-refractivity contribution is 0.918. The SMILES string of the molecule is C1=CCCC(N(c2ccc(-c3ccccc3)cc2)c2ccccc2-c2ccc(-c3ccc(N(c4ccccc4)c4ccc(-c5ccccc5)cc4)cc3)cc2)=C1. The quantitative estimate of drug-likeness (QED) is 0.139. The van der Waals surface area contributed by atoms with Gasteiger partial charge in [0.2, 0.25) is 0 Å². The van der Waals surface area contributed by atoms with Crippen LogP contribution in [0.2, 0.25) is 0 Å². The summed E-state index contributed by atoms with van der Waals surface area (Å²) in [6.45, 7) is 0. The van der Waals surface area contributed by atoms with Crippen LogP contribution >= 0.6 is 0 Å². The van der Waals surface area contributed by atoms with Gasteiger partial charge in [0.15, 0.2) is 0 Å². The second-order valence-electron chi connectivity index (χ2n) is 14.1. The molecule has 268 valence electrons. The lowest BCUT2D eigenvalue weighted by atomic mass is 9.97. The van der Waals surface area contributed by atoms with E-state index in [0.717, 1.165) is 35.6 Å². The zero-order valence-electron chi connectivity index (χ0n) is 31.2. The van der Waals surface area contributed by atoms with Gasteiger partial charge in [-0.1, -0.05) is 170 Å². The van der Waals surface area contributed by atoms with Gasteiger partial charge in [-0.05, 0) is 112 Å². The van der Waals surface area contributed by atoms with Gasteiger partial charge in [0.1, 0.15) is 0 Å². The molecule has 0 radical (unpaired) electrons. The number of nitrogens with zero attached hydrogens (tertiary/aromatic N) is 2. The van der Waals surface area contributed by atoms with Gasteiger partial charge in [0.25, 0.3) is 0 Å². The lowest BCUT2D eigenvalue weighted by Crippen LogP contribution is -2.18. The summed E-state index contributed by atoms with van der Waals surface area (Å²) in [7, 11) is 0. The van der Waals surface area contributed by atoms with Gasteiger partial charge in [0.05, 0.1) is 5.69 Å². The molecule has 0 bridgehead atoms. The Morgan fingerprint density at radius 1 is 0.304 bits per heavy atom. The molecule has 0 saturated carbocycles. The number of para-hydroxylation sites is 2. The zero-order chi connectivity index (χ0) is 37.5. The Hall–Kier alpha value is -7.16. The fourth-order valence-corrected chi connectivity index (χ4v) is 7.69. The summed E-state index contributed by atoms with van der Waals surface area (Å²) in [4.78, 5) is 4.75. The highest BCUT2D eigenvalue weighted by Crippen LogP contribution is 2.41. The molecule has 1 aliphatic rings. The third kappa shape index (κ3) is 7.33. The Bertz CT molecular complexity index is 2570. The van der Waals surface area contributed by atoms with Gasteiger partial charge < -0.3 is 9.80 Å². The largest absolute Gasteiger partial charge is 0.314 e. The van der Waals surface area contributed by atoms with E-state index in [-0.39, 0.29) is 0 Å². The van der Waals surface area contributed by atoms with E-state index in [0.29, 0.717) is 0 Å². The maximum absolute atomic E-state index is 2.44. The van der Waals surface area contributed by atoms with E-state index in [2.05, 4.69) is 240 Å². The molecular formula is C54H42N2. The van der Waals surface area contributed by atoms with Crippen LogP contribution in [0.3, 0.4) is 0 Å². The Morgan fingerprint density at radius 2 is 0.679 bits per heavy atom. The predicted octanol–water partition coefficient (Wildman–Crippen LogP) is 15.2. The molecule has 0 aromatic heterocycles. The molecule has 0 N–H and O–H groups in total. The highest BCUT2D eigenvalue weighted by atomic mass is 15.2. The van der Waals surface area contributed by atoms with E-state index in [1.54, 1.807) is 0 Å². The number of anilines is 5. The maximum Gasteiger partial charge on any atom is 0.0536 e. The standard InChI is InChI=1S/C54H42N2/c1-5-15-41(16-6-1)44-29-35-50(36-30-44)55(48-19-9-3-10-20-48)51-37-31-46(32-38-51)43-25-27-47(28-26-43)53-23-13-14-24-54(53)56(49-21-11-4-12-22-49)52-39-33-45(34-40-52)42-17-7-2-8-18-42/h1-11,13-21,23-40H,12,22H2. The monoisotopic (exact) mass is 718 g/mol. The molecule has 56 heavy (non-hydrogen) atoms. The molecule has 8 aromatic rings. The van der Waals surface area contributed by atoms with Crippen molar-refractivity contribution in [1.29, 1.82) is 0 Å². The second kappa shape index (κ2) is 16.1. The Morgan fingerprint density at radius 3 is 1.16 bits per heavy atom. The summed E-state index contributed by atoms with van der Waals surface area (Å²) in [6, 6.07) is 76.3. The minimum atomic E-state index is 0.987. The molecule has 0 atom stereocenters. The minimum Gasteiger partial charge on any atom is -0.314 e. The first-order valence-electron chi connectivity index (χ1n) is 19.4. The van der Waals surface area contributed by atoms with Crippen LogP contribution in [0.15, 0.2) is 236 Å². The van der Waals surface area contributed by atoms with Gasteiger partial charge in [-0.15, -0.1) is 0 Å². The van der Waals surface area contributed by atoms with Crippen LogP contribution in [0.1, 0.15) is 12.8 Å². The van der Waals surface area contributed by atoms with Crippen LogP contribution in [0.25, 0.3) is 44.5 Å². The third-order valence-corrected chi connectivity index (χ3v) is 10.6. The summed E-state index contributed by atoms with van der Waals surface area (Å²) in [5.74, 6) is 0. The van der Waals surface area contributed by atoms with Crippen molar-refractivity contribution < 1.29 is 0 Å². The van der Waals surface area contributed by atoms with Gasteiger partial charge in [0, 0.05) is 34.0 Å². The molecule has 0 unspecified atom stereocenters. The van der Waals surface area contributed by atoms with E-state index in [1.165, 1.54) is 55.9 Å². The van der Waals surface area contributed by atoms with E-state index < -0.39 is 0 Å². The minimum absolute atomic E-state index is 0.987. The molecule has 0 saturated heterocycles. The van der Waals surface area contributed by atoms with Crippen molar-refractivity contribution in [1.82, 2.24) is 0 Å². The highest BCUT2D eigenvalue weighted by molar-refractivity contribution is 5.86. The molecule has 9 rings (SSSR count). The van der Waals surface area contributed by atoms with E-state index >= 15 is 0 Å². The molecule has 1 aliphatic carbocycles. The van der Waals surface area contributed by atoms with E-state index in [9.17, 15) is 0 Å². The van der Waals surface area contributed by atoms with Gasteiger partial charge in [-0.2, -0.15) is 0 Å². The average Bonchev–Trinajstić information content (AvgIpc) is 3.29. The molecule has 0 fully saturated rings. The van der Waals surface area contributed by atoms with Crippen molar-refractivity contribution in [2.24, 2.45) is 0 Å². The van der Waals surface area contributed by atoms with Crippen LogP contribution < -0.4 is 9.80 Å². The molecule has 8 aromatic carbocycles. The molecular weight excluding hydrogens is 677 g/mol. The molecule has 0 spiro atoms. The first kappa shape index (κ1) is 34.6. The fourth-order valence-electron chi connectivity index (χ4n) is 7.69. The number of hydrogen-bond acceptors (Lipinski definition) is 2. The summed E-state index contributed by atoms with van der Waals surface area (Å²) in [5.41, 5.74) is 16.6. The summed E-state index contributed by atoms with van der Waals surface area (Å²) >= 11 is 0. The van der Waals surface area contributed by atoms with E-state index in [4.69, 9.17) is 0 Å². The van der Waals surface area contributed by atoms with Gasteiger partial charge in [-0.3, -0.25) is 0 Å². The molecule has 2 heteroatoms. The van der Waals surface area contributed by atoms with Crippen molar-refractivity contribution in [2.75, 3.05) is 9.80 Å². The first-order chi connectivity index (χ1) is 27.8. The summed E-state index contributed by atoms with van der Waals surface area (Å²) < 4.78 is 0. The van der Waals surface area contributed by atoms with E-state index in [1.807, 2.05) is 0 Å². The van der Waals surface area contributed by atoms with Crippen LogP contribution in [0, 0.1) is 0 Å². The number of hydrogen-bond donors (Lipinski definition) is 0. The van der Waals surface area contributed by atoms with Gasteiger partial charge >= 0.3 is 0 Å². The Labute approximate surface area is 330 Å². The van der Waals surface area contributed by atoms with Crippen molar-refractivity contribution in [3.8, 4) is 44.5 Å². The average molecular weight is 719 g/mol. The topological polar surface area (TPSA) is 6.48 Å². The summed E-state index contributed by atoms with van der Waals surface area (Å²) in [6.07, 6.45) is 8.72. The second-order valence-corrected chi connectivity index (χ2v) is 14.1. The fraction of sp³-hybridized carbons (Fsp3) is 0.0370. The predicted molar refractivity (Wildman–Crippen MR) is 238 cm³/mol. The van der Waals surface area contributed by atoms with Crippen molar-refractivity contribution >= 4 is 28.4 Å². The maximum atomic E-state index is 2.44. The Balaban J connectivity index is 1.01.